The predicted octanol–water partition coefficient (Wildman–Crippen LogP) is 3.86. The van der Waals surface area contributed by atoms with Crippen molar-refractivity contribution in [2.24, 2.45) is 0 Å². The first-order valence-corrected chi connectivity index (χ1v) is 9.17. The van der Waals surface area contributed by atoms with E-state index in [9.17, 15) is 14.4 Å². The fourth-order valence-corrected chi connectivity index (χ4v) is 2.85. The van der Waals surface area contributed by atoms with Gasteiger partial charge in [0.1, 0.15) is 0 Å². The summed E-state index contributed by atoms with van der Waals surface area (Å²) in [6.07, 6.45) is 0. The lowest BCUT2D eigenvalue weighted by atomic mass is 10.1. The molecule has 2 rings (SSSR count). The van der Waals surface area contributed by atoms with Gasteiger partial charge in [0.15, 0.2) is 6.61 Å². The Morgan fingerprint density at radius 3 is 2.29 bits per heavy atom. The van der Waals surface area contributed by atoms with Crippen molar-refractivity contribution in [2.45, 2.75) is 13.8 Å². The third-order valence-corrected chi connectivity index (χ3v) is 4.87. The van der Waals surface area contributed by atoms with Crippen molar-refractivity contribution < 1.29 is 19.1 Å². The van der Waals surface area contributed by atoms with Gasteiger partial charge in [-0.05, 0) is 37.1 Å². The monoisotopic (exact) mass is 422 g/mol. The zero-order valence-electron chi connectivity index (χ0n) is 15.7. The van der Waals surface area contributed by atoms with Crippen LogP contribution in [0.2, 0.25) is 10.0 Å². The number of hydrogen-bond donors (Lipinski definition) is 1. The maximum atomic E-state index is 12.2. The predicted molar refractivity (Wildman–Crippen MR) is 109 cm³/mol. The van der Waals surface area contributed by atoms with E-state index in [-0.39, 0.29) is 28.1 Å². The van der Waals surface area contributed by atoms with Crippen molar-refractivity contribution in [3.8, 4) is 0 Å². The van der Waals surface area contributed by atoms with E-state index in [1.165, 1.54) is 24.1 Å². The molecule has 28 heavy (non-hydrogen) atoms. The molecule has 2 aromatic carbocycles. The summed E-state index contributed by atoms with van der Waals surface area (Å²) in [7, 11) is 1.45. The number of anilines is 1. The van der Waals surface area contributed by atoms with Gasteiger partial charge in [0.2, 0.25) is 5.91 Å². The van der Waals surface area contributed by atoms with Crippen LogP contribution in [0.3, 0.4) is 0 Å². The Balaban J connectivity index is 1.89. The average molecular weight is 423 g/mol. The quantitative estimate of drug-likeness (QED) is 0.716. The normalized spacial score (nSPS) is 10.3. The van der Waals surface area contributed by atoms with Gasteiger partial charge in [0.05, 0.1) is 22.2 Å². The minimum Gasteiger partial charge on any atom is -0.452 e. The molecule has 0 atom stereocenters. The van der Waals surface area contributed by atoms with Crippen molar-refractivity contribution in [3.05, 3.63) is 63.1 Å². The van der Waals surface area contributed by atoms with Gasteiger partial charge in [0, 0.05) is 12.7 Å². The van der Waals surface area contributed by atoms with Crippen LogP contribution >= 0.6 is 23.2 Å². The number of aryl methyl sites for hydroxylation is 2. The highest BCUT2D eigenvalue weighted by Gasteiger charge is 2.19. The van der Waals surface area contributed by atoms with Crippen LogP contribution in [0, 0.1) is 13.8 Å². The summed E-state index contributed by atoms with van der Waals surface area (Å²) in [5, 5.41) is 3.07. The highest BCUT2D eigenvalue weighted by molar-refractivity contribution is 6.43. The van der Waals surface area contributed by atoms with Crippen LogP contribution in [-0.4, -0.2) is 42.9 Å². The van der Waals surface area contributed by atoms with Gasteiger partial charge in [-0.3, -0.25) is 9.59 Å². The van der Waals surface area contributed by atoms with E-state index < -0.39 is 18.5 Å². The van der Waals surface area contributed by atoms with E-state index in [1.807, 2.05) is 32.0 Å². The average Bonchev–Trinajstić information content (AvgIpc) is 2.64. The second kappa shape index (κ2) is 9.57. The first kappa shape index (κ1) is 21.7. The van der Waals surface area contributed by atoms with Crippen LogP contribution in [0.5, 0.6) is 0 Å². The van der Waals surface area contributed by atoms with Crippen molar-refractivity contribution in [3.63, 3.8) is 0 Å². The number of benzene rings is 2. The number of halogens is 2. The maximum absolute atomic E-state index is 12.2. The Morgan fingerprint density at radius 1 is 1.04 bits per heavy atom. The molecule has 0 saturated carbocycles. The Morgan fingerprint density at radius 2 is 1.64 bits per heavy atom. The van der Waals surface area contributed by atoms with Crippen LogP contribution in [0.1, 0.15) is 21.5 Å². The van der Waals surface area contributed by atoms with Gasteiger partial charge in [-0.1, -0.05) is 47.5 Å². The lowest BCUT2D eigenvalue weighted by molar-refractivity contribution is -0.136. The summed E-state index contributed by atoms with van der Waals surface area (Å²) in [5.41, 5.74) is 2.64. The van der Waals surface area contributed by atoms with Crippen molar-refractivity contribution >= 4 is 46.7 Å². The zero-order chi connectivity index (χ0) is 20.8. The summed E-state index contributed by atoms with van der Waals surface area (Å²) >= 11 is 11.8. The third kappa shape index (κ3) is 5.47. The van der Waals surface area contributed by atoms with E-state index >= 15 is 0 Å². The van der Waals surface area contributed by atoms with Gasteiger partial charge < -0.3 is 15.0 Å². The van der Waals surface area contributed by atoms with Crippen molar-refractivity contribution in [1.29, 1.82) is 0 Å². The number of carbonyl (C=O) groups is 3. The summed E-state index contributed by atoms with van der Waals surface area (Å²) in [5.74, 6) is -1.64. The fraction of sp³-hybridized carbons (Fsp3) is 0.250. The molecule has 0 unspecified atom stereocenters. The highest BCUT2D eigenvalue weighted by Crippen LogP contribution is 2.26. The summed E-state index contributed by atoms with van der Waals surface area (Å²) in [6.45, 7) is 3.08. The SMILES string of the molecule is Cc1cccc(C)c1NC(=O)CN(C)C(=O)COC(=O)c1cccc(Cl)c1Cl. The van der Waals surface area contributed by atoms with Gasteiger partial charge in [-0.25, -0.2) is 4.79 Å². The first-order valence-electron chi connectivity index (χ1n) is 8.42. The molecule has 8 heteroatoms. The molecule has 0 aromatic heterocycles. The lowest BCUT2D eigenvalue weighted by Crippen LogP contribution is -2.37. The van der Waals surface area contributed by atoms with E-state index in [0.717, 1.165) is 16.8 Å². The van der Waals surface area contributed by atoms with E-state index in [0.29, 0.717) is 0 Å². The molecule has 0 bridgehead atoms. The topological polar surface area (TPSA) is 75.7 Å². The summed E-state index contributed by atoms with van der Waals surface area (Å²) in [4.78, 5) is 37.6. The number of esters is 1. The molecule has 0 heterocycles. The van der Waals surface area contributed by atoms with Gasteiger partial charge in [-0.15, -0.1) is 0 Å². The number of nitrogens with zero attached hydrogens (tertiary/aromatic N) is 1. The number of ether oxygens (including phenoxy) is 1. The number of likely N-dealkylation sites (N-methyl/N-ethyl adjacent to an activating group) is 1. The molecular formula is C20H20Cl2N2O4. The molecule has 0 fully saturated rings. The van der Waals surface area contributed by atoms with Crippen LogP contribution < -0.4 is 5.32 Å². The second-order valence-electron chi connectivity index (χ2n) is 6.24. The van der Waals surface area contributed by atoms with Crippen molar-refractivity contribution in [2.75, 3.05) is 25.5 Å². The molecule has 2 aromatic rings. The Labute approximate surface area is 173 Å². The molecule has 0 aliphatic heterocycles. The fourth-order valence-electron chi connectivity index (χ4n) is 2.47. The molecule has 0 spiro atoms. The number of rotatable bonds is 6. The molecule has 0 saturated heterocycles. The molecular weight excluding hydrogens is 403 g/mol. The van der Waals surface area contributed by atoms with Crippen molar-refractivity contribution in [1.82, 2.24) is 4.90 Å². The number of carbonyl (C=O) groups excluding carboxylic acids is 3. The molecule has 148 valence electrons. The van der Waals surface area contributed by atoms with Crippen LogP contribution in [0.4, 0.5) is 5.69 Å². The Hall–Kier alpha value is -2.57. The minimum atomic E-state index is -0.769. The minimum absolute atomic E-state index is 0.0583. The Bertz CT molecular complexity index is 895. The highest BCUT2D eigenvalue weighted by atomic mass is 35.5. The summed E-state index contributed by atoms with van der Waals surface area (Å²) < 4.78 is 4.98. The van der Waals surface area contributed by atoms with E-state index in [4.69, 9.17) is 27.9 Å². The molecule has 1 N–H and O–H groups in total. The zero-order valence-corrected chi connectivity index (χ0v) is 17.2. The molecule has 0 aliphatic rings. The largest absolute Gasteiger partial charge is 0.452 e. The third-order valence-electron chi connectivity index (χ3n) is 4.05. The van der Waals surface area contributed by atoms with Crippen LogP contribution in [-0.2, 0) is 14.3 Å². The number of para-hydroxylation sites is 1. The molecule has 6 nitrogen and oxygen atoms in total. The standard InChI is InChI=1S/C20H20Cl2N2O4/c1-12-6-4-7-13(2)19(12)23-16(25)10-24(3)17(26)11-28-20(27)14-8-5-9-15(21)18(14)22/h4-9H,10-11H2,1-3H3,(H,23,25). The maximum Gasteiger partial charge on any atom is 0.340 e. The van der Waals surface area contributed by atoms with Crippen LogP contribution in [0.25, 0.3) is 0 Å². The number of nitrogens with one attached hydrogen (secondary N) is 1. The van der Waals surface area contributed by atoms with E-state index in [1.54, 1.807) is 6.07 Å². The molecule has 0 aliphatic carbocycles. The second-order valence-corrected chi connectivity index (χ2v) is 7.03. The summed E-state index contributed by atoms with van der Waals surface area (Å²) in [6, 6.07) is 10.2. The Kier molecular flexibility index (Phi) is 7.43. The molecule has 0 radical (unpaired) electrons. The van der Waals surface area contributed by atoms with E-state index in [2.05, 4.69) is 5.32 Å². The van der Waals surface area contributed by atoms with Gasteiger partial charge >= 0.3 is 5.97 Å². The number of amides is 2. The van der Waals surface area contributed by atoms with Gasteiger partial charge in [0.25, 0.3) is 5.91 Å². The van der Waals surface area contributed by atoms with Crippen LogP contribution in [0.15, 0.2) is 36.4 Å². The smallest absolute Gasteiger partial charge is 0.340 e. The molecule has 2 amide bonds. The lowest BCUT2D eigenvalue weighted by Gasteiger charge is -2.18. The first-order chi connectivity index (χ1) is 13.2. The number of hydrogen-bond acceptors (Lipinski definition) is 4. The van der Waals surface area contributed by atoms with Gasteiger partial charge in [-0.2, -0.15) is 0 Å².